The molecule has 14 heavy (non-hydrogen) atoms. The number of amides is 1. The van der Waals surface area contributed by atoms with Gasteiger partial charge in [-0.3, -0.25) is 5.32 Å². The molecule has 0 fully saturated rings. The Morgan fingerprint density at radius 2 is 2.29 bits per heavy atom. The molecular weight excluding hydrogens is 186 g/mol. The number of carbonyl (C=O) groups excluding carboxylic acids is 1. The minimum absolute atomic E-state index is 0.137. The highest BCUT2D eigenvalue weighted by atomic mass is 16.7. The van der Waals surface area contributed by atoms with Crippen LogP contribution in [0.25, 0.3) is 0 Å². The number of nitrogens with one attached hydrogen (secondary N) is 1. The van der Waals surface area contributed by atoms with E-state index in [2.05, 4.69) is 10.1 Å². The van der Waals surface area contributed by atoms with Gasteiger partial charge in [0.1, 0.15) is 6.10 Å². The van der Waals surface area contributed by atoms with Gasteiger partial charge in [0.05, 0.1) is 19.9 Å². The molecule has 0 radical (unpaired) electrons. The maximum atomic E-state index is 10.9. The number of rotatable bonds is 2. The van der Waals surface area contributed by atoms with Crippen molar-refractivity contribution in [3.8, 4) is 0 Å². The highest BCUT2D eigenvalue weighted by Crippen LogP contribution is 2.14. The highest BCUT2D eigenvalue weighted by molar-refractivity contribution is 5.70. The number of allylic oxidation sites excluding steroid dienone is 1. The number of hydrogen-bond acceptors (Lipinski definition) is 4. The van der Waals surface area contributed by atoms with Crippen molar-refractivity contribution in [3.63, 3.8) is 0 Å². The van der Waals surface area contributed by atoms with Gasteiger partial charge in [-0.2, -0.15) is 0 Å². The van der Waals surface area contributed by atoms with E-state index in [1.54, 1.807) is 12.2 Å². The molecule has 1 aliphatic rings. The van der Waals surface area contributed by atoms with Gasteiger partial charge < -0.3 is 14.2 Å². The Morgan fingerprint density at radius 3 is 2.86 bits per heavy atom. The van der Waals surface area contributed by atoms with Crippen molar-refractivity contribution >= 4 is 6.09 Å². The third kappa shape index (κ3) is 2.69. The van der Waals surface area contributed by atoms with Crippen LogP contribution in [0.3, 0.4) is 0 Å². The summed E-state index contributed by atoms with van der Waals surface area (Å²) in [6.07, 6.45) is 2.68. The summed E-state index contributed by atoms with van der Waals surface area (Å²) in [7, 11) is 2.80. The molecule has 0 aromatic heterocycles. The second kappa shape index (κ2) is 4.55. The van der Waals surface area contributed by atoms with Crippen LogP contribution in [0, 0.1) is 0 Å². The van der Waals surface area contributed by atoms with Crippen LogP contribution in [-0.2, 0) is 14.2 Å². The largest absolute Gasteiger partial charge is 0.469 e. The summed E-state index contributed by atoms with van der Waals surface area (Å²) in [6, 6.07) is 0. The van der Waals surface area contributed by atoms with Crippen LogP contribution < -0.4 is 5.32 Å². The molecule has 78 valence electrons. The van der Waals surface area contributed by atoms with Crippen molar-refractivity contribution in [2.75, 3.05) is 14.2 Å². The predicted octanol–water partition coefficient (Wildman–Crippen LogP) is 1.13. The van der Waals surface area contributed by atoms with E-state index in [9.17, 15) is 4.79 Å². The van der Waals surface area contributed by atoms with Crippen molar-refractivity contribution in [2.24, 2.45) is 0 Å². The number of methoxy groups -OCH3 is 2. The van der Waals surface area contributed by atoms with E-state index in [1.165, 1.54) is 14.2 Å². The second-order valence-corrected chi connectivity index (χ2v) is 2.73. The van der Waals surface area contributed by atoms with Crippen molar-refractivity contribution in [3.05, 3.63) is 23.8 Å². The van der Waals surface area contributed by atoms with Gasteiger partial charge in [0.25, 0.3) is 5.95 Å². The molecule has 1 N–H and O–H groups in total. The maximum absolute atomic E-state index is 10.9. The highest BCUT2D eigenvalue weighted by Gasteiger charge is 2.14. The van der Waals surface area contributed by atoms with Crippen molar-refractivity contribution < 1.29 is 19.0 Å². The lowest BCUT2D eigenvalue weighted by atomic mass is 10.2. The van der Waals surface area contributed by atoms with E-state index in [0.717, 1.165) is 0 Å². The van der Waals surface area contributed by atoms with Gasteiger partial charge >= 0.3 is 6.09 Å². The SMILES string of the molecule is COC(=O)NC1=CC(C)OC(OC)=C1. The lowest BCUT2D eigenvalue weighted by Gasteiger charge is -2.19. The zero-order valence-corrected chi connectivity index (χ0v) is 8.37. The van der Waals surface area contributed by atoms with E-state index < -0.39 is 6.09 Å². The van der Waals surface area contributed by atoms with Crippen LogP contribution in [0.5, 0.6) is 0 Å². The molecule has 5 nitrogen and oxygen atoms in total. The summed E-state index contributed by atoms with van der Waals surface area (Å²) in [5.41, 5.74) is 0.604. The fourth-order valence-corrected chi connectivity index (χ4v) is 1.03. The molecular formula is C9H13NO4. The second-order valence-electron chi connectivity index (χ2n) is 2.73. The van der Waals surface area contributed by atoms with Crippen LogP contribution in [0.1, 0.15) is 6.92 Å². The molecule has 0 saturated carbocycles. The quantitative estimate of drug-likeness (QED) is 0.724. The van der Waals surface area contributed by atoms with Crippen LogP contribution in [0.2, 0.25) is 0 Å². The molecule has 1 aliphatic heterocycles. The molecule has 1 unspecified atom stereocenters. The fourth-order valence-electron chi connectivity index (χ4n) is 1.03. The molecule has 0 bridgehead atoms. The van der Waals surface area contributed by atoms with E-state index in [4.69, 9.17) is 9.47 Å². The summed E-state index contributed by atoms with van der Waals surface area (Å²) >= 11 is 0. The minimum atomic E-state index is -0.517. The van der Waals surface area contributed by atoms with Gasteiger partial charge in [0, 0.05) is 6.08 Å². The summed E-state index contributed by atoms with van der Waals surface area (Å²) in [5, 5.41) is 2.53. The topological polar surface area (TPSA) is 56.8 Å². The van der Waals surface area contributed by atoms with Crippen LogP contribution in [-0.4, -0.2) is 26.4 Å². The van der Waals surface area contributed by atoms with Crippen LogP contribution >= 0.6 is 0 Å². The Bertz CT molecular complexity index is 283. The first-order chi connectivity index (χ1) is 6.65. The number of ether oxygens (including phenoxy) is 3. The van der Waals surface area contributed by atoms with Gasteiger partial charge in [0.2, 0.25) is 0 Å². The van der Waals surface area contributed by atoms with Gasteiger partial charge in [-0.15, -0.1) is 0 Å². The zero-order chi connectivity index (χ0) is 10.6. The van der Waals surface area contributed by atoms with E-state index in [1.807, 2.05) is 6.92 Å². The van der Waals surface area contributed by atoms with Gasteiger partial charge in [-0.25, -0.2) is 4.79 Å². The summed E-state index contributed by atoms with van der Waals surface area (Å²) < 4.78 is 14.6. The summed E-state index contributed by atoms with van der Waals surface area (Å²) in [5.74, 6) is 0.367. The maximum Gasteiger partial charge on any atom is 0.411 e. The predicted molar refractivity (Wildman–Crippen MR) is 49.3 cm³/mol. The van der Waals surface area contributed by atoms with Crippen LogP contribution in [0.4, 0.5) is 4.79 Å². The average molecular weight is 199 g/mol. The average Bonchev–Trinajstić information content (AvgIpc) is 2.16. The lowest BCUT2D eigenvalue weighted by molar-refractivity contribution is 0.0349. The standard InChI is InChI=1S/C9H13NO4/c1-6-4-7(10-9(11)13-3)5-8(12-2)14-6/h4-6H,1-3H3,(H,10,11). The molecule has 0 aliphatic carbocycles. The van der Waals surface area contributed by atoms with Crippen molar-refractivity contribution in [1.29, 1.82) is 0 Å². The van der Waals surface area contributed by atoms with E-state index >= 15 is 0 Å². The number of alkyl carbamates (subject to hydrolysis) is 1. The Labute approximate surface area is 82.3 Å². The smallest absolute Gasteiger partial charge is 0.411 e. The Morgan fingerprint density at radius 1 is 1.57 bits per heavy atom. The molecule has 0 aromatic carbocycles. The fraction of sp³-hybridized carbons (Fsp3) is 0.444. The van der Waals surface area contributed by atoms with E-state index in [0.29, 0.717) is 11.6 Å². The van der Waals surface area contributed by atoms with Gasteiger partial charge in [0.15, 0.2) is 0 Å². The van der Waals surface area contributed by atoms with Gasteiger partial charge in [-0.05, 0) is 13.0 Å². The van der Waals surface area contributed by atoms with Crippen molar-refractivity contribution in [1.82, 2.24) is 5.32 Å². The lowest BCUT2D eigenvalue weighted by Crippen LogP contribution is -2.25. The minimum Gasteiger partial charge on any atom is -0.469 e. The van der Waals surface area contributed by atoms with Crippen molar-refractivity contribution in [2.45, 2.75) is 13.0 Å². The third-order valence-corrected chi connectivity index (χ3v) is 1.62. The first-order valence-corrected chi connectivity index (χ1v) is 4.15. The molecule has 0 spiro atoms. The monoisotopic (exact) mass is 199 g/mol. The normalized spacial score (nSPS) is 20.1. The summed E-state index contributed by atoms with van der Waals surface area (Å²) in [6.45, 7) is 1.84. The van der Waals surface area contributed by atoms with Crippen LogP contribution in [0.15, 0.2) is 23.8 Å². The third-order valence-electron chi connectivity index (χ3n) is 1.62. The molecule has 1 atom stereocenters. The van der Waals surface area contributed by atoms with E-state index in [-0.39, 0.29) is 6.10 Å². The Kier molecular flexibility index (Phi) is 3.39. The zero-order valence-electron chi connectivity index (χ0n) is 8.37. The molecule has 0 saturated heterocycles. The Hall–Kier alpha value is -1.65. The first-order valence-electron chi connectivity index (χ1n) is 4.15. The molecule has 5 heteroatoms. The molecule has 0 aromatic rings. The molecule has 1 heterocycles. The number of hydrogen-bond donors (Lipinski definition) is 1. The molecule has 1 rings (SSSR count). The molecule has 1 amide bonds. The first kappa shape index (κ1) is 10.4. The number of carbonyl (C=O) groups is 1. The Balaban J connectivity index is 2.67. The van der Waals surface area contributed by atoms with Gasteiger partial charge in [-0.1, -0.05) is 0 Å². The summed E-state index contributed by atoms with van der Waals surface area (Å²) in [4.78, 5) is 10.9.